The van der Waals surface area contributed by atoms with E-state index < -0.39 is 6.10 Å². The van der Waals surface area contributed by atoms with Crippen LogP contribution in [0, 0.1) is 12.7 Å². The van der Waals surface area contributed by atoms with Crippen LogP contribution in [0.2, 0.25) is 0 Å². The molecule has 2 rings (SSSR count). The summed E-state index contributed by atoms with van der Waals surface area (Å²) in [6.45, 7) is 1.92. The lowest BCUT2D eigenvalue weighted by Gasteiger charge is -2.12. The summed E-state index contributed by atoms with van der Waals surface area (Å²) in [5.74, 6) is -0.258. The molecular weight excluding hydrogens is 215 g/mol. The predicted octanol–water partition coefficient (Wildman–Crippen LogP) is 3.41. The molecule has 0 aliphatic carbocycles. The van der Waals surface area contributed by atoms with Gasteiger partial charge >= 0.3 is 0 Å². The number of halogens is 1. The molecule has 0 aromatic heterocycles. The topological polar surface area (TPSA) is 20.2 Å². The first-order valence-corrected chi connectivity index (χ1v) is 5.65. The molecule has 0 saturated carbocycles. The third kappa shape index (κ3) is 2.92. The van der Waals surface area contributed by atoms with E-state index >= 15 is 0 Å². The number of aliphatic hydroxyl groups excluding tert-OH is 1. The summed E-state index contributed by atoms with van der Waals surface area (Å²) in [7, 11) is 0. The van der Waals surface area contributed by atoms with Gasteiger partial charge in [-0.2, -0.15) is 0 Å². The van der Waals surface area contributed by atoms with Crippen LogP contribution in [-0.4, -0.2) is 5.11 Å². The van der Waals surface area contributed by atoms with Crippen LogP contribution in [0.5, 0.6) is 0 Å². The van der Waals surface area contributed by atoms with E-state index in [1.807, 2.05) is 37.3 Å². The van der Waals surface area contributed by atoms with Gasteiger partial charge in [0.2, 0.25) is 0 Å². The lowest BCUT2D eigenvalue weighted by Crippen LogP contribution is -2.03. The Balaban J connectivity index is 2.18. The van der Waals surface area contributed by atoms with Crippen molar-refractivity contribution in [1.82, 2.24) is 0 Å². The van der Waals surface area contributed by atoms with E-state index in [1.54, 1.807) is 6.07 Å². The second-order valence-electron chi connectivity index (χ2n) is 4.20. The molecule has 0 aliphatic heterocycles. The SMILES string of the molecule is Cc1ccc(F)cc1CC(O)c1ccccc1. The van der Waals surface area contributed by atoms with Gasteiger partial charge in [-0.3, -0.25) is 0 Å². The summed E-state index contributed by atoms with van der Waals surface area (Å²) in [5.41, 5.74) is 2.71. The predicted molar refractivity (Wildman–Crippen MR) is 66.2 cm³/mol. The van der Waals surface area contributed by atoms with E-state index in [4.69, 9.17) is 0 Å². The van der Waals surface area contributed by atoms with E-state index in [0.717, 1.165) is 16.7 Å². The second kappa shape index (κ2) is 5.11. The van der Waals surface area contributed by atoms with Crippen LogP contribution in [0.1, 0.15) is 22.8 Å². The largest absolute Gasteiger partial charge is 0.388 e. The molecule has 2 heteroatoms. The van der Waals surface area contributed by atoms with Crippen LogP contribution >= 0.6 is 0 Å². The lowest BCUT2D eigenvalue weighted by molar-refractivity contribution is 0.178. The molecule has 0 radical (unpaired) electrons. The summed E-state index contributed by atoms with van der Waals surface area (Å²) < 4.78 is 13.1. The zero-order valence-corrected chi connectivity index (χ0v) is 9.73. The van der Waals surface area contributed by atoms with Crippen molar-refractivity contribution in [3.05, 3.63) is 71.0 Å². The van der Waals surface area contributed by atoms with Crippen LogP contribution in [-0.2, 0) is 6.42 Å². The Bertz CT molecular complexity index is 494. The van der Waals surface area contributed by atoms with E-state index in [0.29, 0.717) is 6.42 Å². The van der Waals surface area contributed by atoms with Gasteiger partial charge in [-0.25, -0.2) is 4.39 Å². The Kier molecular flexibility index (Phi) is 3.55. The minimum atomic E-state index is -0.586. The summed E-state index contributed by atoms with van der Waals surface area (Å²) in [4.78, 5) is 0. The maximum absolute atomic E-state index is 13.1. The zero-order valence-electron chi connectivity index (χ0n) is 9.73. The van der Waals surface area contributed by atoms with Crippen molar-refractivity contribution in [2.75, 3.05) is 0 Å². The smallest absolute Gasteiger partial charge is 0.123 e. The number of aliphatic hydroxyl groups is 1. The van der Waals surface area contributed by atoms with Gasteiger partial charge in [-0.05, 0) is 35.7 Å². The maximum atomic E-state index is 13.1. The van der Waals surface area contributed by atoms with Gasteiger partial charge in [0.05, 0.1) is 6.10 Å². The van der Waals surface area contributed by atoms with Crippen LogP contribution in [0.4, 0.5) is 4.39 Å². The number of hydrogen-bond donors (Lipinski definition) is 1. The number of hydrogen-bond acceptors (Lipinski definition) is 1. The fourth-order valence-electron chi connectivity index (χ4n) is 1.86. The van der Waals surface area contributed by atoms with Crippen molar-refractivity contribution in [1.29, 1.82) is 0 Å². The van der Waals surface area contributed by atoms with Crippen molar-refractivity contribution >= 4 is 0 Å². The highest BCUT2D eigenvalue weighted by atomic mass is 19.1. The molecule has 0 amide bonds. The summed E-state index contributed by atoms with van der Waals surface area (Å²) >= 11 is 0. The number of rotatable bonds is 3. The highest BCUT2D eigenvalue weighted by Crippen LogP contribution is 2.20. The Morgan fingerprint density at radius 2 is 1.82 bits per heavy atom. The van der Waals surface area contributed by atoms with Gasteiger partial charge in [-0.1, -0.05) is 36.4 Å². The average molecular weight is 230 g/mol. The van der Waals surface area contributed by atoms with Crippen LogP contribution in [0.3, 0.4) is 0 Å². The molecule has 2 aromatic rings. The normalized spacial score (nSPS) is 12.4. The van der Waals surface area contributed by atoms with Crippen molar-refractivity contribution in [3.8, 4) is 0 Å². The fraction of sp³-hybridized carbons (Fsp3) is 0.200. The first kappa shape index (κ1) is 11.8. The average Bonchev–Trinajstić information content (AvgIpc) is 2.35. The molecule has 17 heavy (non-hydrogen) atoms. The third-order valence-electron chi connectivity index (χ3n) is 2.91. The van der Waals surface area contributed by atoms with Gasteiger partial charge in [-0.15, -0.1) is 0 Å². The molecular formula is C15H15FO. The molecule has 1 N–H and O–H groups in total. The van der Waals surface area contributed by atoms with Crippen molar-refractivity contribution in [3.63, 3.8) is 0 Å². The highest BCUT2D eigenvalue weighted by molar-refractivity contribution is 5.29. The fourth-order valence-corrected chi connectivity index (χ4v) is 1.86. The van der Waals surface area contributed by atoms with Crippen molar-refractivity contribution < 1.29 is 9.50 Å². The van der Waals surface area contributed by atoms with Gasteiger partial charge in [0, 0.05) is 6.42 Å². The van der Waals surface area contributed by atoms with Crippen LogP contribution < -0.4 is 0 Å². The highest BCUT2D eigenvalue weighted by Gasteiger charge is 2.10. The number of aryl methyl sites for hydroxylation is 1. The van der Waals surface area contributed by atoms with Gasteiger partial charge < -0.3 is 5.11 Å². The van der Waals surface area contributed by atoms with E-state index in [9.17, 15) is 9.50 Å². The molecule has 0 fully saturated rings. The minimum Gasteiger partial charge on any atom is -0.388 e. The summed E-state index contributed by atoms with van der Waals surface area (Å²) in [6, 6.07) is 14.1. The Morgan fingerprint density at radius 3 is 2.53 bits per heavy atom. The Hall–Kier alpha value is -1.67. The van der Waals surface area contributed by atoms with Gasteiger partial charge in [0.15, 0.2) is 0 Å². The molecule has 0 saturated heterocycles. The maximum Gasteiger partial charge on any atom is 0.123 e. The molecule has 1 nitrogen and oxygen atoms in total. The molecule has 0 heterocycles. The monoisotopic (exact) mass is 230 g/mol. The summed E-state index contributed by atoms with van der Waals surface area (Å²) in [6.07, 6.45) is -0.148. The first-order chi connectivity index (χ1) is 8.16. The zero-order chi connectivity index (χ0) is 12.3. The molecule has 0 bridgehead atoms. The van der Waals surface area contributed by atoms with Gasteiger partial charge in [0.25, 0.3) is 0 Å². The Labute approximate surface area is 101 Å². The van der Waals surface area contributed by atoms with Crippen molar-refractivity contribution in [2.45, 2.75) is 19.4 Å². The van der Waals surface area contributed by atoms with Crippen LogP contribution in [0.15, 0.2) is 48.5 Å². The molecule has 1 unspecified atom stereocenters. The quantitative estimate of drug-likeness (QED) is 0.856. The minimum absolute atomic E-state index is 0.258. The van der Waals surface area contributed by atoms with Gasteiger partial charge in [0.1, 0.15) is 5.82 Å². The van der Waals surface area contributed by atoms with Crippen molar-refractivity contribution in [2.24, 2.45) is 0 Å². The van der Waals surface area contributed by atoms with E-state index in [1.165, 1.54) is 12.1 Å². The molecule has 2 aromatic carbocycles. The molecule has 88 valence electrons. The van der Waals surface area contributed by atoms with Crippen LogP contribution in [0.25, 0.3) is 0 Å². The van der Waals surface area contributed by atoms with E-state index in [2.05, 4.69) is 0 Å². The molecule has 0 spiro atoms. The summed E-state index contributed by atoms with van der Waals surface area (Å²) in [5, 5.41) is 10.1. The first-order valence-electron chi connectivity index (χ1n) is 5.65. The standard InChI is InChI=1S/C15H15FO/c1-11-7-8-14(16)9-13(11)10-15(17)12-5-3-2-4-6-12/h2-9,15,17H,10H2,1H3. The lowest BCUT2D eigenvalue weighted by atomic mass is 9.98. The van der Waals surface area contributed by atoms with E-state index in [-0.39, 0.29) is 5.82 Å². The Morgan fingerprint density at radius 1 is 1.12 bits per heavy atom. The third-order valence-corrected chi connectivity index (χ3v) is 2.91. The second-order valence-corrected chi connectivity index (χ2v) is 4.20. The number of benzene rings is 2. The molecule has 0 aliphatic rings. The molecule has 1 atom stereocenters.